The van der Waals surface area contributed by atoms with Gasteiger partial charge in [0.2, 0.25) is 0 Å². The van der Waals surface area contributed by atoms with Gasteiger partial charge in [-0.15, -0.1) is 0 Å². The van der Waals surface area contributed by atoms with E-state index in [2.05, 4.69) is 19.9 Å². The van der Waals surface area contributed by atoms with Gasteiger partial charge >= 0.3 is 0 Å². The summed E-state index contributed by atoms with van der Waals surface area (Å²) in [4.78, 5) is 0. The Hall–Kier alpha value is -1.26. The van der Waals surface area contributed by atoms with Crippen LogP contribution in [-0.2, 0) is 9.47 Å². The Morgan fingerprint density at radius 1 is 0.944 bits per heavy atom. The minimum atomic E-state index is 0.228. The van der Waals surface area contributed by atoms with Crippen LogP contribution < -0.4 is 9.47 Å². The van der Waals surface area contributed by atoms with E-state index in [0.717, 1.165) is 22.6 Å². The lowest BCUT2D eigenvalue weighted by atomic mass is 9.99. The van der Waals surface area contributed by atoms with Crippen LogP contribution in [0.2, 0.25) is 0 Å². The van der Waals surface area contributed by atoms with Crippen LogP contribution in [0, 0.1) is 6.92 Å². The molecule has 1 aromatic rings. The van der Waals surface area contributed by atoms with Crippen molar-refractivity contribution in [3.05, 3.63) is 23.3 Å². The van der Waals surface area contributed by atoms with Gasteiger partial charge in [0.25, 0.3) is 0 Å². The Balaban J connectivity index is 3.01. The Morgan fingerprint density at radius 2 is 1.50 bits per heavy atom. The maximum absolute atomic E-state index is 5.58. The van der Waals surface area contributed by atoms with Crippen molar-refractivity contribution in [2.45, 2.75) is 26.7 Å². The lowest BCUT2D eigenvalue weighted by molar-refractivity contribution is 0.0452. The molecule has 0 saturated carbocycles. The molecule has 0 saturated heterocycles. The molecule has 0 aliphatic carbocycles. The van der Waals surface area contributed by atoms with Gasteiger partial charge in [-0.05, 0) is 30.0 Å². The molecule has 18 heavy (non-hydrogen) atoms. The molecule has 1 aromatic carbocycles. The Kier molecular flexibility index (Phi) is 5.95. The zero-order chi connectivity index (χ0) is 13.5. The summed E-state index contributed by atoms with van der Waals surface area (Å²) in [5.74, 6) is 1.95. The van der Waals surface area contributed by atoms with E-state index >= 15 is 0 Å². The number of ether oxygens (including phenoxy) is 4. The second kappa shape index (κ2) is 7.24. The molecule has 0 radical (unpaired) electrons. The van der Waals surface area contributed by atoms with Crippen LogP contribution in [0.3, 0.4) is 0 Å². The highest BCUT2D eigenvalue weighted by Crippen LogP contribution is 2.33. The van der Waals surface area contributed by atoms with Crippen molar-refractivity contribution in [3.8, 4) is 11.5 Å². The summed E-state index contributed by atoms with van der Waals surface area (Å²) in [6, 6.07) is 3.98. The summed E-state index contributed by atoms with van der Waals surface area (Å²) >= 11 is 0. The maximum atomic E-state index is 5.58. The van der Waals surface area contributed by atoms with Crippen LogP contribution in [0.15, 0.2) is 12.1 Å². The second-order valence-electron chi connectivity index (χ2n) is 4.41. The minimum absolute atomic E-state index is 0.228. The molecule has 0 aliphatic heterocycles. The summed E-state index contributed by atoms with van der Waals surface area (Å²) in [5, 5.41) is 0. The van der Waals surface area contributed by atoms with E-state index in [9.17, 15) is 0 Å². The van der Waals surface area contributed by atoms with Crippen LogP contribution in [-0.4, -0.2) is 27.8 Å². The number of benzene rings is 1. The van der Waals surface area contributed by atoms with E-state index in [-0.39, 0.29) is 13.6 Å². The molecule has 0 bridgehead atoms. The molecule has 0 aliphatic rings. The zero-order valence-corrected chi connectivity index (χ0v) is 11.8. The summed E-state index contributed by atoms with van der Waals surface area (Å²) in [5.41, 5.74) is 2.22. The third kappa shape index (κ3) is 3.89. The highest BCUT2D eigenvalue weighted by molar-refractivity contribution is 5.47. The molecule has 0 aromatic heterocycles. The first kappa shape index (κ1) is 14.8. The van der Waals surface area contributed by atoms with Crippen molar-refractivity contribution < 1.29 is 18.9 Å². The second-order valence-corrected chi connectivity index (χ2v) is 4.41. The topological polar surface area (TPSA) is 36.9 Å². The molecule has 4 nitrogen and oxygen atoms in total. The van der Waals surface area contributed by atoms with E-state index < -0.39 is 0 Å². The van der Waals surface area contributed by atoms with Gasteiger partial charge in [-0.25, -0.2) is 0 Å². The largest absolute Gasteiger partial charge is 0.467 e. The fraction of sp³-hybridized carbons (Fsp3) is 0.571. The van der Waals surface area contributed by atoms with Crippen molar-refractivity contribution >= 4 is 0 Å². The van der Waals surface area contributed by atoms with Crippen LogP contribution in [0.4, 0.5) is 0 Å². The van der Waals surface area contributed by atoms with Crippen molar-refractivity contribution in [1.29, 1.82) is 0 Å². The van der Waals surface area contributed by atoms with Crippen molar-refractivity contribution in [3.63, 3.8) is 0 Å². The van der Waals surface area contributed by atoms with Gasteiger partial charge < -0.3 is 18.9 Å². The quantitative estimate of drug-likeness (QED) is 0.701. The molecule has 0 atom stereocenters. The molecular weight excluding hydrogens is 232 g/mol. The van der Waals surface area contributed by atoms with Crippen molar-refractivity contribution in [1.82, 2.24) is 0 Å². The molecule has 0 spiro atoms. The minimum Gasteiger partial charge on any atom is -0.467 e. The average Bonchev–Trinajstić information content (AvgIpc) is 2.35. The molecule has 1 rings (SSSR count). The first-order valence-electron chi connectivity index (χ1n) is 5.98. The highest BCUT2D eigenvalue weighted by Gasteiger charge is 2.12. The van der Waals surface area contributed by atoms with Crippen LogP contribution >= 0.6 is 0 Å². The standard InChI is InChI=1S/C14H22O4/c1-10(2)12-6-11(3)13(17-8-15-4)7-14(12)18-9-16-5/h6-7,10H,8-9H2,1-5H3. The van der Waals surface area contributed by atoms with Crippen LogP contribution in [0.25, 0.3) is 0 Å². The lowest BCUT2D eigenvalue weighted by Crippen LogP contribution is -2.06. The monoisotopic (exact) mass is 254 g/mol. The van der Waals surface area contributed by atoms with Gasteiger partial charge in [0, 0.05) is 20.3 Å². The van der Waals surface area contributed by atoms with E-state index in [1.54, 1.807) is 14.2 Å². The molecule has 0 unspecified atom stereocenters. The normalized spacial score (nSPS) is 10.8. The first-order chi connectivity index (χ1) is 8.60. The van der Waals surface area contributed by atoms with Gasteiger partial charge in [0.05, 0.1) is 0 Å². The first-order valence-corrected chi connectivity index (χ1v) is 5.98. The van der Waals surface area contributed by atoms with E-state index in [1.807, 2.05) is 13.0 Å². The predicted molar refractivity (Wildman–Crippen MR) is 70.3 cm³/mol. The molecular formula is C14H22O4. The zero-order valence-electron chi connectivity index (χ0n) is 11.8. The van der Waals surface area contributed by atoms with Gasteiger partial charge in [0.15, 0.2) is 13.6 Å². The number of hydrogen-bond acceptors (Lipinski definition) is 4. The smallest absolute Gasteiger partial charge is 0.188 e. The third-order valence-corrected chi connectivity index (χ3v) is 2.59. The summed E-state index contributed by atoms with van der Waals surface area (Å²) in [6.07, 6.45) is 0. The number of methoxy groups -OCH3 is 2. The van der Waals surface area contributed by atoms with Crippen LogP contribution in [0.1, 0.15) is 30.9 Å². The summed E-state index contributed by atoms with van der Waals surface area (Å²) in [6.45, 7) is 6.73. The number of aryl methyl sites for hydroxylation is 1. The molecule has 0 heterocycles. The number of rotatable bonds is 7. The van der Waals surface area contributed by atoms with Gasteiger partial charge in [-0.3, -0.25) is 0 Å². The van der Waals surface area contributed by atoms with Crippen molar-refractivity contribution in [2.75, 3.05) is 27.8 Å². The summed E-state index contributed by atoms with van der Waals surface area (Å²) in [7, 11) is 3.20. The molecule has 102 valence electrons. The molecule has 4 heteroatoms. The predicted octanol–water partition coefficient (Wildman–Crippen LogP) is 3.08. The van der Waals surface area contributed by atoms with E-state index in [1.165, 1.54) is 0 Å². The van der Waals surface area contributed by atoms with Crippen LogP contribution in [0.5, 0.6) is 11.5 Å². The van der Waals surface area contributed by atoms with Gasteiger partial charge in [0.1, 0.15) is 11.5 Å². The fourth-order valence-corrected chi connectivity index (χ4v) is 1.67. The highest BCUT2D eigenvalue weighted by atomic mass is 16.7. The maximum Gasteiger partial charge on any atom is 0.188 e. The average molecular weight is 254 g/mol. The Morgan fingerprint density at radius 3 is 2.00 bits per heavy atom. The number of hydrogen-bond donors (Lipinski definition) is 0. The van der Waals surface area contributed by atoms with E-state index in [0.29, 0.717) is 5.92 Å². The summed E-state index contributed by atoms with van der Waals surface area (Å²) < 4.78 is 20.9. The fourth-order valence-electron chi connectivity index (χ4n) is 1.67. The van der Waals surface area contributed by atoms with Gasteiger partial charge in [-0.1, -0.05) is 13.8 Å². The Labute approximate surface area is 109 Å². The Bertz CT molecular complexity index is 374. The molecule has 0 fully saturated rings. The third-order valence-electron chi connectivity index (χ3n) is 2.59. The van der Waals surface area contributed by atoms with E-state index in [4.69, 9.17) is 18.9 Å². The van der Waals surface area contributed by atoms with Crippen molar-refractivity contribution in [2.24, 2.45) is 0 Å². The van der Waals surface area contributed by atoms with Gasteiger partial charge in [-0.2, -0.15) is 0 Å². The molecule has 0 amide bonds. The SMILES string of the molecule is COCOc1cc(OCOC)c(C(C)C)cc1C. The molecule has 0 N–H and O–H groups in total. The lowest BCUT2D eigenvalue weighted by Gasteiger charge is -2.17.